The molecule has 0 aromatic carbocycles. The summed E-state index contributed by atoms with van der Waals surface area (Å²) in [6, 6.07) is 0. The van der Waals surface area contributed by atoms with E-state index < -0.39 is 0 Å². The van der Waals surface area contributed by atoms with E-state index in [2.05, 4.69) is 32.6 Å². The van der Waals surface area contributed by atoms with Gasteiger partial charge >= 0.3 is 5.97 Å². The summed E-state index contributed by atoms with van der Waals surface area (Å²) in [4.78, 5) is 11.5. The van der Waals surface area contributed by atoms with Gasteiger partial charge < -0.3 is 4.74 Å². The van der Waals surface area contributed by atoms with Crippen LogP contribution in [0.15, 0.2) is 0 Å². The molecule has 0 amide bonds. The van der Waals surface area contributed by atoms with E-state index in [1.54, 1.807) is 0 Å². The molecule has 0 aliphatic carbocycles. The number of hydrogen-bond acceptors (Lipinski definition) is 2. The van der Waals surface area contributed by atoms with Crippen LogP contribution in [0.25, 0.3) is 0 Å². The van der Waals surface area contributed by atoms with Crippen molar-refractivity contribution in [1.82, 2.24) is 0 Å². The summed E-state index contributed by atoms with van der Waals surface area (Å²) in [7, 11) is 0. The van der Waals surface area contributed by atoms with Gasteiger partial charge in [0.2, 0.25) is 0 Å². The second-order valence-electron chi connectivity index (χ2n) is 4.39. The molecule has 0 fully saturated rings. The van der Waals surface area contributed by atoms with Crippen molar-refractivity contribution >= 4 is 5.97 Å². The van der Waals surface area contributed by atoms with Crippen LogP contribution in [-0.4, -0.2) is 12.1 Å². The van der Waals surface area contributed by atoms with Crippen molar-refractivity contribution < 1.29 is 9.53 Å². The highest BCUT2D eigenvalue weighted by molar-refractivity contribution is 5.69. The number of rotatable bonds is 6. The summed E-state index contributed by atoms with van der Waals surface area (Å²) in [5.74, 6) is 6.39. The fraction of sp³-hybridized carbons (Fsp3) is 0.786. The van der Waals surface area contributed by atoms with Crippen LogP contribution in [0.1, 0.15) is 59.8 Å². The summed E-state index contributed by atoms with van der Waals surface area (Å²) in [5.41, 5.74) is 0. The zero-order chi connectivity index (χ0) is 12.4. The van der Waals surface area contributed by atoms with Crippen LogP contribution in [0.5, 0.6) is 0 Å². The predicted molar refractivity (Wildman–Crippen MR) is 66.9 cm³/mol. The van der Waals surface area contributed by atoms with E-state index >= 15 is 0 Å². The molecule has 0 aromatic heterocycles. The minimum Gasteiger partial charge on any atom is -0.449 e. The molecular weight excluding hydrogens is 200 g/mol. The van der Waals surface area contributed by atoms with Crippen molar-refractivity contribution in [3.63, 3.8) is 0 Å². The van der Waals surface area contributed by atoms with Gasteiger partial charge in [-0.15, -0.1) is 0 Å². The standard InChI is InChI=1S/C14H24O2/c1-5-7-9-13(11-12(3)4)16-14(15)10-8-6-2/h12-13H,5-6,8,10-11H2,1-4H3. The molecule has 0 aromatic rings. The first-order valence-electron chi connectivity index (χ1n) is 6.28. The highest BCUT2D eigenvalue weighted by Crippen LogP contribution is 2.09. The average Bonchev–Trinajstić information content (AvgIpc) is 2.22. The van der Waals surface area contributed by atoms with Gasteiger partial charge in [-0.05, 0) is 18.8 Å². The molecule has 0 rings (SSSR count). The molecule has 16 heavy (non-hydrogen) atoms. The quantitative estimate of drug-likeness (QED) is 0.509. The van der Waals surface area contributed by atoms with Gasteiger partial charge in [0.15, 0.2) is 6.10 Å². The van der Waals surface area contributed by atoms with Crippen LogP contribution < -0.4 is 0 Å². The molecule has 0 aliphatic heterocycles. The Labute approximate surface area is 99.8 Å². The van der Waals surface area contributed by atoms with Crippen molar-refractivity contribution in [2.24, 2.45) is 5.92 Å². The van der Waals surface area contributed by atoms with E-state index in [4.69, 9.17) is 4.74 Å². The largest absolute Gasteiger partial charge is 0.449 e. The predicted octanol–water partition coefficient (Wildman–Crippen LogP) is 3.55. The first kappa shape index (κ1) is 15.0. The molecule has 0 spiro atoms. The third kappa shape index (κ3) is 8.35. The minimum atomic E-state index is -0.218. The summed E-state index contributed by atoms with van der Waals surface area (Å²) in [6.45, 7) is 8.29. The Hall–Kier alpha value is -0.970. The Kier molecular flexibility index (Phi) is 8.71. The topological polar surface area (TPSA) is 26.3 Å². The number of carbonyl (C=O) groups is 1. The summed E-state index contributed by atoms with van der Waals surface area (Å²) >= 11 is 0. The Balaban J connectivity index is 4.14. The van der Waals surface area contributed by atoms with E-state index in [9.17, 15) is 4.79 Å². The normalized spacial score (nSPS) is 11.8. The van der Waals surface area contributed by atoms with Crippen molar-refractivity contribution in [1.29, 1.82) is 0 Å². The fourth-order valence-electron chi connectivity index (χ4n) is 1.32. The summed E-state index contributed by atoms with van der Waals surface area (Å²) in [5, 5.41) is 0. The Morgan fingerprint density at radius 3 is 2.50 bits per heavy atom. The number of esters is 1. The molecule has 2 heteroatoms. The first-order chi connectivity index (χ1) is 7.60. The third-order valence-corrected chi connectivity index (χ3v) is 2.13. The van der Waals surface area contributed by atoms with Gasteiger partial charge in [0.05, 0.1) is 0 Å². The van der Waals surface area contributed by atoms with Crippen molar-refractivity contribution in [2.75, 3.05) is 0 Å². The maximum Gasteiger partial charge on any atom is 0.307 e. The second kappa shape index (κ2) is 9.27. The molecule has 0 N–H and O–H groups in total. The lowest BCUT2D eigenvalue weighted by molar-refractivity contribution is -0.147. The molecule has 0 saturated heterocycles. The van der Waals surface area contributed by atoms with E-state index in [-0.39, 0.29) is 12.1 Å². The number of carbonyl (C=O) groups excluding carboxylic acids is 1. The van der Waals surface area contributed by atoms with Crippen LogP contribution in [-0.2, 0) is 9.53 Å². The van der Waals surface area contributed by atoms with Gasteiger partial charge in [0.1, 0.15) is 0 Å². The van der Waals surface area contributed by atoms with Gasteiger partial charge in [0.25, 0.3) is 0 Å². The Morgan fingerprint density at radius 2 is 2.00 bits per heavy atom. The molecule has 92 valence electrons. The van der Waals surface area contributed by atoms with E-state index in [0.29, 0.717) is 12.3 Å². The monoisotopic (exact) mass is 224 g/mol. The molecule has 2 nitrogen and oxygen atoms in total. The van der Waals surface area contributed by atoms with Gasteiger partial charge in [-0.3, -0.25) is 4.79 Å². The molecule has 0 bridgehead atoms. The highest BCUT2D eigenvalue weighted by Gasteiger charge is 2.12. The van der Waals surface area contributed by atoms with E-state index in [0.717, 1.165) is 25.7 Å². The first-order valence-corrected chi connectivity index (χ1v) is 6.28. The summed E-state index contributed by atoms with van der Waals surface area (Å²) < 4.78 is 5.35. The maximum atomic E-state index is 11.5. The molecule has 0 saturated carbocycles. The minimum absolute atomic E-state index is 0.113. The Bertz CT molecular complexity index is 245. The fourth-order valence-corrected chi connectivity index (χ4v) is 1.32. The van der Waals surface area contributed by atoms with Crippen LogP contribution in [0.4, 0.5) is 0 Å². The molecule has 1 atom stereocenters. The lowest BCUT2D eigenvalue weighted by Gasteiger charge is -2.14. The smallest absolute Gasteiger partial charge is 0.307 e. The maximum absolute atomic E-state index is 11.5. The van der Waals surface area contributed by atoms with Crippen LogP contribution in [0.3, 0.4) is 0 Å². The molecule has 0 radical (unpaired) electrons. The van der Waals surface area contributed by atoms with Crippen molar-refractivity contribution in [3.05, 3.63) is 0 Å². The van der Waals surface area contributed by atoms with E-state index in [1.165, 1.54) is 0 Å². The lowest BCUT2D eigenvalue weighted by Crippen LogP contribution is -2.18. The molecular formula is C14H24O2. The van der Waals surface area contributed by atoms with Crippen LogP contribution in [0.2, 0.25) is 0 Å². The zero-order valence-electron chi connectivity index (χ0n) is 11.0. The second-order valence-corrected chi connectivity index (χ2v) is 4.39. The van der Waals surface area contributed by atoms with Crippen molar-refractivity contribution in [3.8, 4) is 11.8 Å². The zero-order valence-corrected chi connectivity index (χ0v) is 11.0. The third-order valence-electron chi connectivity index (χ3n) is 2.13. The SMILES string of the molecule is CCC#CC(CC(C)C)OC(=O)CCCC. The lowest BCUT2D eigenvalue weighted by atomic mass is 10.1. The average molecular weight is 224 g/mol. The van der Waals surface area contributed by atoms with Crippen molar-refractivity contribution in [2.45, 2.75) is 65.9 Å². The number of ether oxygens (including phenoxy) is 1. The van der Waals surface area contributed by atoms with Gasteiger partial charge in [0, 0.05) is 12.8 Å². The van der Waals surface area contributed by atoms with Gasteiger partial charge in [-0.25, -0.2) is 0 Å². The number of hydrogen-bond donors (Lipinski definition) is 0. The summed E-state index contributed by atoms with van der Waals surface area (Å²) in [6.07, 6.45) is 3.84. The molecule has 0 aliphatic rings. The Morgan fingerprint density at radius 1 is 1.31 bits per heavy atom. The van der Waals surface area contributed by atoms with Crippen LogP contribution >= 0.6 is 0 Å². The van der Waals surface area contributed by atoms with Gasteiger partial charge in [-0.2, -0.15) is 0 Å². The molecule has 0 heterocycles. The van der Waals surface area contributed by atoms with Gasteiger partial charge in [-0.1, -0.05) is 46.0 Å². The highest BCUT2D eigenvalue weighted by atomic mass is 16.5. The number of unbranched alkanes of at least 4 members (excludes halogenated alkanes) is 1. The van der Waals surface area contributed by atoms with Crippen LogP contribution in [0, 0.1) is 17.8 Å². The molecule has 1 unspecified atom stereocenters. The van der Waals surface area contributed by atoms with E-state index in [1.807, 2.05) is 6.92 Å².